The van der Waals surface area contributed by atoms with Gasteiger partial charge in [-0.15, -0.1) is 0 Å². The van der Waals surface area contributed by atoms with E-state index in [-0.39, 0.29) is 18.7 Å². The maximum absolute atomic E-state index is 12.8. The molecule has 2 aromatic rings. The molecule has 2 aliphatic rings. The van der Waals surface area contributed by atoms with Gasteiger partial charge in [-0.3, -0.25) is 9.69 Å². The van der Waals surface area contributed by atoms with Gasteiger partial charge in [-0.2, -0.15) is 0 Å². The van der Waals surface area contributed by atoms with Crippen LogP contribution in [0.5, 0.6) is 17.2 Å². The van der Waals surface area contributed by atoms with Gasteiger partial charge in [-0.05, 0) is 44.1 Å². The number of benzene rings is 2. The summed E-state index contributed by atoms with van der Waals surface area (Å²) in [6.45, 7) is 2.61. The number of methoxy groups -OCH3 is 1. The van der Waals surface area contributed by atoms with Gasteiger partial charge in [0.1, 0.15) is 5.75 Å². The van der Waals surface area contributed by atoms with E-state index in [4.69, 9.17) is 25.8 Å². The molecule has 0 aliphatic carbocycles. The molecule has 1 amide bonds. The fourth-order valence-corrected chi connectivity index (χ4v) is 4.09. The van der Waals surface area contributed by atoms with E-state index in [9.17, 15) is 4.79 Å². The number of rotatable bonds is 6. The summed E-state index contributed by atoms with van der Waals surface area (Å²) in [6.07, 6.45) is 2.33. The predicted octanol–water partition coefficient (Wildman–Crippen LogP) is 3.64. The molecule has 1 saturated heterocycles. The van der Waals surface area contributed by atoms with Crippen molar-refractivity contribution in [1.82, 2.24) is 10.2 Å². The summed E-state index contributed by atoms with van der Waals surface area (Å²) in [5.41, 5.74) is 1.53. The first-order valence-corrected chi connectivity index (χ1v) is 9.79. The number of carbonyl (C=O) groups excluding carboxylic acids is 1. The topological polar surface area (TPSA) is 60.0 Å². The van der Waals surface area contributed by atoms with Gasteiger partial charge < -0.3 is 19.5 Å². The Kier molecular flexibility index (Phi) is 5.59. The third kappa shape index (κ3) is 3.75. The number of carbonyl (C=O) groups is 1. The Hall–Kier alpha value is -2.44. The molecule has 1 fully saturated rings. The van der Waals surface area contributed by atoms with E-state index in [1.54, 1.807) is 19.2 Å². The summed E-state index contributed by atoms with van der Waals surface area (Å²) in [6, 6.07) is 11.3. The molecule has 2 aromatic carbocycles. The van der Waals surface area contributed by atoms with Gasteiger partial charge in [0, 0.05) is 17.7 Å². The van der Waals surface area contributed by atoms with Crippen molar-refractivity contribution in [3.63, 3.8) is 0 Å². The molecule has 148 valence electrons. The Morgan fingerprint density at radius 1 is 1.25 bits per heavy atom. The number of nitrogens with one attached hydrogen (secondary N) is 1. The number of hydrogen-bond acceptors (Lipinski definition) is 5. The van der Waals surface area contributed by atoms with Gasteiger partial charge in [0.25, 0.3) is 5.91 Å². The third-order valence-corrected chi connectivity index (χ3v) is 5.51. The van der Waals surface area contributed by atoms with Crippen molar-refractivity contribution in [3.8, 4) is 17.2 Å². The Bertz CT molecular complexity index is 867. The summed E-state index contributed by atoms with van der Waals surface area (Å²) in [7, 11) is 1.67. The lowest BCUT2D eigenvalue weighted by molar-refractivity contribution is 0.0937. The smallest absolute Gasteiger partial charge is 0.251 e. The lowest BCUT2D eigenvalue weighted by Crippen LogP contribution is -2.37. The molecule has 28 heavy (non-hydrogen) atoms. The van der Waals surface area contributed by atoms with Gasteiger partial charge in [-0.1, -0.05) is 29.8 Å². The van der Waals surface area contributed by atoms with E-state index in [0.717, 1.165) is 37.2 Å². The summed E-state index contributed by atoms with van der Waals surface area (Å²) in [5, 5.41) is 3.43. The SMILES string of the molecule is COc1ccccc1C(CNC(=O)c1cc(Cl)c2c(c1)OCO2)N1CCCC1. The summed E-state index contributed by atoms with van der Waals surface area (Å²) in [4.78, 5) is 15.2. The second-order valence-electron chi connectivity index (χ2n) is 6.90. The van der Waals surface area contributed by atoms with Crippen LogP contribution in [-0.4, -0.2) is 44.3 Å². The van der Waals surface area contributed by atoms with Crippen LogP contribution in [0.15, 0.2) is 36.4 Å². The normalized spacial score (nSPS) is 16.8. The van der Waals surface area contributed by atoms with Crippen LogP contribution >= 0.6 is 11.6 Å². The minimum absolute atomic E-state index is 0.0482. The molecule has 0 aromatic heterocycles. The van der Waals surface area contributed by atoms with Crippen LogP contribution < -0.4 is 19.5 Å². The number of hydrogen-bond donors (Lipinski definition) is 1. The first-order chi connectivity index (χ1) is 13.7. The summed E-state index contributed by atoms with van der Waals surface area (Å²) >= 11 is 6.21. The van der Waals surface area contributed by atoms with E-state index < -0.39 is 0 Å². The largest absolute Gasteiger partial charge is 0.496 e. The Labute approximate surface area is 169 Å². The van der Waals surface area contributed by atoms with E-state index in [0.29, 0.717) is 28.6 Å². The number of amides is 1. The number of para-hydroxylation sites is 1. The zero-order chi connectivity index (χ0) is 19.5. The average Bonchev–Trinajstić information content (AvgIpc) is 3.40. The Balaban J connectivity index is 1.53. The fourth-order valence-electron chi connectivity index (χ4n) is 3.82. The fraction of sp³-hybridized carbons (Fsp3) is 0.381. The van der Waals surface area contributed by atoms with Crippen LogP contribution in [0.25, 0.3) is 0 Å². The van der Waals surface area contributed by atoms with Crippen LogP contribution in [0, 0.1) is 0 Å². The van der Waals surface area contributed by atoms with Gasteiger partial charge in [-0.25, -0.2) is 0 Å². The third-order valence-electron chi connectivity index (χ3n) is 5.22. The number of halogens is 1. The quantitative estimate of drug-likeness (QED) is 0.799. The lowest BCUT2D eigenvalue weighted by Gasteiger charge is -2.29. The van der Waals surface area contributed by atoms with E-state index in [1.165, 1.54) is 0 Å². The van der Waals surface area contributed by atoms with Crippen molar-refractivity contribution >= 4 is 17.5 Å². The molecule has 6 nitrogen and oxygen atoms in total. The van der Waals surface area contributed by atoms with Gasteiger partial charge >= 0.3 is 0 Å². The van der Waals surface area contributed by atoms with Gasteiger partial charge in [0.15, 0.2) is 11.5 Å². The molecule has 1 N–H and O–H groups in total. The average molecular weight is 403 g/mol. The number of likely N-dealkylation sites (tertiary alicyclic amines) is 1. The summed E-state index contributed by atoms with van der Waals surface area (Å²) < 4.78 is 16.2. The van der Waals surface area contributed by atoms with Crippen molar-refractivity contribution in [1.29, 1.82) is 0 Å². The van der Waals surface area contributed by atoms with Gasteiger partial charge in [0.05, 0.1) is 18.2 Å². The predicted molar refractivity (Wildman–Crippen MR) is 106 cm³/mol. The maximum Gasteiger partial charge on any atom is 0.251 e. The van der Waals surface area contributed by atoms with Crippen molar-refractivity contribution in [2.75, 3.05) is 33.5 Å². The van der Waals surface area contributed by atoms with Crippen LogP contribution in [0.3, 0.4) is 0 Å². The van der Waals surface area contributed by atoms with Crippen molar-refractivity contribution < 1.29 is 19.0 Å². The molecule has 1 unspecified atom stereocenters. The van der Waals surface area contributed by atoms with Crippen molar-refractivity contribution in [2.45, 2.75) is 18.9 Å². The standard InChI is InChI=1S/C21H23ClN2O4/c1-26-18-7-3-2-6-15(18)17(24-8-4-5-9-24)12-23-21(25)14-10-16(22)20-19(11-14)27-13-28-20/h2-3,6-7,10-11,17H,4-5,8-9,12-13H2,1H3,(H,23,25). The molecule has 2 heterocycles. The van der Waals surface area contributed by atoms with E-state index in [1.807, 2.05) is 18.2 Å². The number of nitrogens with zero attached hydrogens (tertiary/aromatic N) is 1. The minimum atomic E-state index is -0.195. The molecule has 0 spiro atoms. The monoisotopic (exact) mass is 402 g/mol. The molecule has 1 atom stereocenters. The van der Waals surface area contributed by atoms with Crippen molar-refractivity contribution in [2.24, 2.45) is 0 Å². The highest BCUT2D eigenvalue weighted by Gasteiger charge is 2.27. The highest BCUT2D eigenvalue weighted by atomic mass is 35.5. The first kappa shape index (κ1) is 18.9. The molecule has 0 bridgehead atoms. The van der Waals surface area contributed by atoms with E-state index in [2.05, 4.69) is 16.3 Å². The molecule has 0 saturated carbocycles. The van der Waals surface area contributed by atoms with Gasteiger partial charge in [0.2, 0.25) is 6.79 Å². The van der Waals surface area contributed by atoms with Crippen LogP contribution in [0.1, 0.15) is 34.8 Å². The van der Waals surface area contributed by atoms with Crippen LogP contribution in [0.4, 0.5) is 0 Å². The van der Waals surface area contributed by atoms with Crippen molar-refractivity contribution in [3.05, 3.63) is 52.5 Å². The molecular formula is C21H23ClN2O4. The minimum Gasteiger partial charge on any atom is -0.496 e. The highest BCUT2D eigenvalue weighted by Crippen LogP contribution is 2.40. The maximum atomic E-state index is 12.8. The highest BCUT2D eigenvalue weighted by molar-refractivity contribution is 6.32. The molecule has 4 rings (SSSR count). The molecule has 2 aliphatic heterocycles. The van der Waals surface area contributed by atoms with E-state index >= 15 is 0 Å². The second kappa shape index (κ2) is 8.29. The number of fused-ring (bicyclic) bond motifs is 1. The first-order valence-electron chi connectivity index (χ1n) is 9.41. The second-order valence-corrected chi connectivity index (χ2v) is 7.31. The zero-order valence-electron chi connectivity index (χ0n) is 15.7. The number of ether oxygens (including phenoxy) is 3. The summed E-state index contributed by atoms with van der Waals surface area (Å²) in [5.74, 6) is 1.62. The Morgan fingerprint density at radius 2 is 2.04 bits per heavy atom. The lowest BCUT2D eigenvalue weighted by atomic mass is 10.0. The Morgan fingerprint density at radius 3 is 2.82 bits per heavy atom. The molecular weight excluding hydrogens is 380 g/mol. The zero-order valence-corrected chi connectivity index (χ0v) is 16.5. The van der Waals surface area contributed by atoms with Crippen LogP contribution in [0.2, 0.25) is 5.02 Å². The van der Waals surface area contributed by atoms with Crippen LogP contribution in [-0.2, 0) is 0 Å². The molecule has 0 radical (unpaired) electrons. The molecule has 7 heteroatoms.